The summed E-state index contributed by atoms with van der Waals surface area (Å²) in [7, 11) is 0. The van der Waals surface area contributed by atoms with Crippen molar-refractivity contribution in [3.05, 3.63) is 65.2 Å². The summed E-state index contributed by atoms with van der Waals surface area (Å²) in [6.45, 7) is 5.33. The summed E-state index contributed by atoms with van der Waals surface area (Å²) in [6.07, 6.45) is 0.123. The molecule has 0 fully saturated rings. The fourth-order valence-corrected chi connectivity index (χ4v) is 2.97. The number of ether oxygens (including phenoxy) is 5. The van der Waals surface area contributed by atoms with Crippen molar-refractivity contribution in [1.82, 2.24) is 0 Å². The molecule has 0 saturated carbocycles. The maximum atomic E-state index is 12.8. The predicted molar refractivity (Wildman–Crippen MR) is 126 cm³/mol. The van der Waals surface area contributed by atoms with Crippen molar-refractivity contribution in [1.29, 1.82) is 5.26 Å². The molecule has 9 nitrogen and oxygen atoms in total. The first-order valence-electron chi connectivity index (χ1n) is 11.1. The number of nitrogens with zero attached hydrogens (tertiary/aromatic N) is 1. The molecule has 0 unspecified atom stereocenters. The van der Waals surface area contributed by atoms with E-state index in [0.29, 0.717) is 12.0 Å². The van der Waals surface area contributed by atoms with Crippen molar-refractivity contribution in [2.75, 3.05) is 13.2 Å². The molecule has 0 amide bonds. The van der Waals surface area contributed by atoms with E-state index in [1.54, 1.807) is 13.8 Å². The lowest BCUT2D eigenvalue weighted by Gasteiger charge is -2.17. The van der Waals surface area contributed by atoms with Gasteiger partial charge in [0, 0.05) is 0 Å². The Morgan fingerprint density at radius 1 is 0.914 bits per heavy atom. The zero-order valence-corrected chi connectivity index (χ0v) is 19.8. The molecule has 0 radical (unpaired) electrons. The van der Waals surface area contributed by atoms with E-state index in [1.165, 1.54) is 24.3 Å². The molecule has 0 aliphatic carbocycles. The highest BCUT2D eigenvalue weighted by molar-refractivity contribution is 5.98. The first kappa shape index (κ1) is 26.9. The van der Waals surface area contributed by atoms with Crippen molar-refractivity contribution >= 4 is 24.4 Å². The van der Waals surface area contributed by atoms with Gasteiger partial charge in [-0.2, -0.15) is 5.26 Å². The SMILES string of the molecule is CCC[C@H](OC(=O)/C(C#N)=C/c1ccc(OC(=O)OCC)c(OC(=O)OCC)c1)c1ccccc1. The van der Waals surface area contributed by atoms with Crippen molar-refractivity contribution in [3.8, 4) is 17.6 Å². The lowest BCUT2D eigenvalue weighted by molar-refractivity contribution is -0.144. The van der Waals surface area contributed by atoms with Crippen molar-refractivity contribution in [3.63, 3.8) is 0 Å². The van der Waals surface area contributed by atoms with Gasteiger partial charge in [-0.1, -0.05) is 49.7 Å². The zero-order valence-electron chi connectivity index (χ0n) is 19.8. The van der Waals surface area contributed by atoms with Gasteiger partial charge in [-0.3, -0.25) is 0 Å². The number of hydrogen-bond donors (Lipinski definition) is 0. The molecule has 2 rings (SSSR count). The lowest BCUT2D eigenvalue weighted by atomic mass is 10.0. The van der Waals surface area contributed by atoms with Crippen LogP contribution in [0.5, 0.6) is 11.5 Å². The molecule has 0 spiro atoms. The Bertz CT molecular complexity index is 1090. The third-order valence-corrected chi connectivity index (χ3v) is 4.50. The molecule has 9 heteroatoms. The zero-order chi connectivity index (χ0) is 25.6. The van der Waals surface area contributed by atoms with Gasteiger partial charge in [0.25, 0.3) is 0 Å². The molecule has 0 aliphatic heterocycles. The number of nitriles is 1. The van der Waals surface area contributed by atoms with Crippen molar-refractivity contribution in [2.45, 2.75) is 39.7 Å². The monoisotopic (exact) mass is 481 g/mol. The molecule has 0 aliphatic rings. The Kier molecular flexibility index (Phi) is 10.8. The van der Waals surface area contributed by atoms with Gasteiger partial charge < -0.3 is 23.7 Å². The third-order valence-electron chi connectivity index (χ3n) is 4.50. The fraction of sp³-hybridized carbons (Fsp3) is 0.308. The maximum absolute atomic E-state index is 12.8. The number of hydrogen-bond acceptors (Lipinski definition) is 9. The van der Waals surface area contributed by atoms with Crippen LogP contribution in [0.4, 0.5) is 9.59 Å². The molecule has 2 aromatic rings. The first-order chi connectivity index (χ1) is 16.9. The average Bonchev–Trinajstić information content (AvgIpc) is 2.84. The number of benzene rings is 2. The third kappa shape index (κ3) is 8.51. The second-order valence-electron chi connectivity index (χ2n) is 7.04. The predicted octanol–water partition coefficient (Wildman–Crippen LogP) is 5.75. The Balaban J connectivity index is 2.32. The van der Waals surface area contributed by atoms with Crippen LogP contribution in [0, 0.1) is 11.3 Å². The number of rotatable bonds is 10. The second-order valence-corrected chi connectivity index (χ2v) is 7.04. The normalized spacial score (nSPS) is 11.5. The van der Waals surface area contributed by atoms with Gasteiger partial charge in [-0.25, -0.2) is 14.4 Å². The maximum Gasteiger partial charge on any atom is 0.513 e. The van der Waals surface area contributed by atoms with E-state index in [0.717, 1.165) is 12.0 Å². The molecule has 0 bridgehead atoms. The van der Waals surface area contributed by atoms with Crippen LogP contribution in [0.1, 0.15) is 50.8 Å². The van der Waals surface area contributed by atoms with E-state index in [9.17, 15) is 19.6 Å². The van der Waals surface area contributed by atoms with E-state index < -0.39 is 24.4 Å². The van der Waals surface area contributed by atoms with Crippen molar-refractivity contribution in [2.24, 2.45) is 0 Å². The van der Waals surface area contributed by atoms with Crippen LogP contribution in [-0.4, -0.2) is 31.5 Å². The van der Waals surface area contributed by atoms with E-state index in [2.05, 4.69) is 0 Å². The van der Waals surface area contributed by atoms with Gasteiger partial charge in [0.1, 0.15) is 17.7 Å². The Labute approximate surface area is 203 Å². The lowest BCUT2D eigenvalue weighted by Crippen LogP contribution is -2.14. The standard InChI is InChI=1S/C26H27NO8/c1-4-10-21(19-11-8-7-9-12-19)33-24(28)20(17-27)15-18-13-14-22(34-25(29)31-5-2)23(16-18)35-26(30)32-6-3/h7-9,11-16,21H,4-6,10H2,1-3H3/b20-15+/t21-/m0/s1. The molecular weight excluding hydrogens is 454 g/mol. The largest absolute Gasteiger partial charge is 0.513 e. The minimum absolute atomic E-state index is 0.0667. The van der Waals surface area contributed by atoms with Crippen LogP contribution in [0.3, 0.4) is 0 Å². The van der Waals surface area contributed by atoms with Gasteiger partial charge >= 0.3 is 18.3 Å². The first-order valence-corrected chi connectivity index (χ1v) is 11.1. The summed E-state index contributed by atoms with van der Waals surface area (Å²) in [6, 6.07) is 15.2. The number of esters is 1. The Hall–Kier alpha value is -4.32. The van der Waals surface area contributed by atoms with Gasteiger partial charge in [0.05, 0.1) is 13.2 Å². The summed E-state index contributed by atoms with van der Waals surface area (Å²) in [5.41, 5.74) is 0.884. The minimum atomic E-state index is -1.02. The highest BCUT2D eigenvalue weighted by Crippen LogP contribution is 2.31. The van der Waals surface area contributed by atoms with E-state index in [4.69, 9.17) is 23.7 Å². The van der Waals surface area contributed by atoms with Crippen LogP contribution in [-0.2, 0) is 19.0 Å². The van der Waals surface area contributed by atoms with Crippen LogP contribution in [0.15, 0.2) is 54.1 Å². The van der Waals surface area contributed by atoms with Crippen LogP contribution in [0.25, 0.3) is 6.08 Å². The molecule has 0 aromatic heterocycles. The van der Waals surface area contributed by atoms with Crippen LogP contribution in [0.2, 0.25) is 0 Å². The summed E-state index contributed by atoms with van der Waals surface area (Å²) >= 11 is 0. The summed E-state index contributed by atoms with van der Waals surface area (Å²) in [4.78, 5) is 36.3. The number of carbonyl (C=O) groups is 3. The topological polar surface area (TPSA) is 121 Å². The second kappa shape index (κ2) is 14.1. The summed E-state index contributed by atoms with van der Waals surface area (Å²) in [5, 5.41) is 9.58. The van der Waals surface area contributed by atoms with Gasteiger partial charge in [-0.05, 0) is 49.6 Å². The van der Waals surface area contributed by atoms with Crippen molar-refractivity contribution < 1.29 is 38.1 Å². The molecule has 0 N–H and O–H groups in total. The molecule has 2 aromatic carbocycles. The van der Waals surface area contributed by atoms with E-state index in [-0.39, 0.29) is 30.3 Å². The molecule has 0 saturated heterocycles. The minimum Gasteiger partial charge on any atom is -0.453 e. The smallest absolute Gasteiger partial charge is 0.453 e. The highest BCUT2D eigenvalue weighted by atomic mass is 16.7. The molecule has 1 atom stereocenters. The fourth-order valence-electron chi connectivity index (χ4n) is 2.97. The number of carbonyl (C=O) groups excluding carboxylic acids is 3. The van der Waals surface area contributed by atoms with E-state index in [1.807, 2.05) is 43.3 Å². The highest BCUT2D eigenvalue weighted by Gasteiger charge is 2.20. The quantitative estimate of drug-likeness (QED) is 0.137. The summed E-state index contributed by atoms with van der Waals surface area (Å²) in [5.74, 6) is -1.07. The molecular formula is C26H27NO8. The molecule has 184 valence electrons. The Morgan fingerprint density at radius 3 is 2.11 bits per heavy atom. The van der Waals surface area contributed by atoms with Crippen LogP contribution < -0.4 is 9.47 Å². The van der Waals surface area contributed by atoms with E-state index >= 15 is 0 Å². The van der Waals surface area contributed by atoms with Gasteiger partial charge in [0.15, 0.2) is 11.5 Å². The summed E-state index contributed by atoms with van der Waals surface area (Å²) < 4.78 is 25.3. The average molecular weight is 482 g/mol. The molecule has 0 heterocycles. The van der Waals surface area contributed by atoms with Crippen LogP contribution >= 0.6 is 0 Å². The van der Waals surface area contributed by atoms with Gasteiger partial charge in [0.2, 0.25) is 0 Å². The Morgan fingerprint density at radius 2 is 1.54 bits per heavy atom. The van der Waals surface area contributed by atoms with Gasteiger partial charge in [-0.15, -0.1) is 0 Å². The molecule has 35 heavy (non-hydrogen) atoms.